The van der Waals surface area contributed by atoms with Crippen LogP contribution >= 0.6 is 23.2 Å². The highest BCUT2D eigenvalue weighted by Gasteiger charge is 2.12. The zero-order chi connectivity index (χ0) is 20.5. The number of nitrogens with zero attached hydrogens (tertiary/aromatic N) is 1. The summed E-state index contributed by atoms with van der Waals surface area (Å²) >= 11 is 12.0. The first-order valence-corrected chi connectivity index (χ1v) is 10.6. The number of aromatic nitrogens is 1. The molecule has 2 aromatic carbocycles. The minimum atomic E-state index is 0.665. The number of aryl methyl sites for hydroxylation is 2. The van der Waals surface area contributed by atoms with Gasteiger partial charge < -0.3 is 9.47 Å². The average molecular weight is 431 g/mol. The first kappa shape index (κ1) is 21.5. The molecule has 0 amide bonds. The van der Waals surface area contributed by atoms with Crippen LogP contribution in [0.15, 0.2) is 66.7 Å². The quantitative estimate of drug-likeness (QED) is 0.297. The normalized spacial score (nSPS) is 10.7. The van der Waals surface area contributed by atoms with Crippen LogP contribution in [-0.4, -0.2) is 13.2 Å². The molecule has 0 spiro atoms. The molecule has 1 heterocycles. The van der Waals surface area contributed by atoms with Gasteiger partial charge in [0.1, 0.15) is 18.5 Å². The van der Waals surface area contributed by atoms with Crippen molar-refractivity contribution >= 4 is 23.2 Å². The maximum absolute atomic E-state index is 5.99. The Labute approximate surface area is 182 Å². The molecule has 1 aromatic heterocycles. The van der Waals surface area contributed by atoms with E-state index in [1.54, 1.807) is 0 Å². The highest BCUT2D eigenvalue weighted by Crippen LogP contribution is 2.18. The van der Waals surface area contributed by atoms with Gasteiger partial charge in [-0.2, -0.15) is 0 Å². The van der Waals surface area contributed by atoms with Crippen LogP contribution < -0.4 is 14.0 Å². The summed E-state index contributed by atoms with van der Waals surface area (Å²) in [7, 11) is 2.13. The number of rotatable bonds is 10. The molecule has 0 atom stereocenters. The third kappa shape index (κ3) is 6.95. The van der Waals surface area contributed by atoms with E-state index in [4.69, 9.17) is 32.7 Å². The van der Waals surface area contributed by atoms with Gasteiger partial charge in [0, 0.05) is 35.0 Å². The largest absolute Gasteiger partial charge is 0.494 e. The second-order valence-corrected chi connectivity index (χ2v) is 7.76. The first-order chi connectivity index (χ1) is 14.1. The highest BCUT2D eigenvalue weighted by molar-refractivity contribution is 6.31. The molecule has 29 heavy (non-hydrogen) atoms. The van der Waals surface area contributed by atoms with Gasteiger partial charge in [-0.25, -0.2) is 4.57 Å². The summed E-state index contributed by atoms with van der Waals surface area (Å²) in [6, 6.07) is 21.5. The van der Waals surface area contributed by atoms with Crippen LogP contribution in [0.2, 0.25) is 10.0 Å². The Hall–Kier alpha value is -2.23. The monoisotopic (exact) mass is 430 g/mol. The summed E-state index contributed by atoms with van der Waals surface area (Å²) in [4.78, 5) is 0. The van der Waals surface area contributed by atoms with Crippen molar-refractivity contribution in [3.05, 3.63) is 88.2 Å². The van der Waals surface area contributed by atoms with Gasteiger partial charge in [-0.1, -0.05) is 35.3 Å². The molecule has 0 fully saturated rings. The van der Waals surface area contributed by atoms with Crippen molar-refractivity contribution in [1.82, 2.24) is 0 Å². The van der Waals surface area contributed by atoms with Crippen LogP contribution in [-0.2, 0) is 19.9 Å². The van der Waals surface area contributed by atoms with Gasteiger partial charge in [0.15, 0.2) is 11.4 Å². The Bertz CT molecular complexity index is 859. The maximum atomic E-state index is 5.99. The van der Waals surface area contributed by atoms with E-state index in [1.807, 2.05) is 48.5 Å². The summed E-state index contributed by atoms with van der Waals surface area (Å²) in [5.41, 5.74) is 2.60. The van der Waals surface area contributed by atoms with E-state index in [0.29, 0.717) is 23.3 Å². The third-order valence-corrected chi connectivity index (χ3v) is 5.19. The fraction of sp³-hybridized carbons (Fsp3) is 0.292. The molecular weight excluding hydrogens is 405 g/mol. The molecule has 5 heteroatoms. The number of hydrogen-bond acceptors (Lipinski definition) is 2. The molecule has 3 nitrogen and oxygen atoms in total. The summed E-state index contributed by atoms with van der Waals surface area (Å²) in [6.07, 6.45) is 3.82. The van der Waals surface area contributed by atoms with E-state index in [9.17, 15) is 0 Å². The van der Waals surface area contributed by atoms with Crippen molar-refractivity contribution in [2.24, 2.45) is 7.05 Å². The lowest BCUT2D eigenvalue weighted by molar-refractivity contribution is -0.686. The fourth-order valence-electron chi connectivity index (χ4n) is 3.18. The molecule has 0 radical (unpaired) electrons. The Kier molecular flexibility index (Phi) is 8.21. The molecular formula is C24H26Cl2NO2+. The number of hydrogen-bond donors (Lipinski definition) is 0. The Balaban J connectivity index is 1.43. The Morgan fingerprint density at radius 3 is 1.59 bits per heavy atom. The topological polar surface area (TPSA) is 22.3 Å². The van der Waals surface area contributed by atoms with Crippen LogP contribution in [0.1, 0.15) is 24.2 Å². The van der Waals surface area contributed by atoms with Gasteiger partial charge in [-0.3, -0.25) is 0 Å². The molecule has 3 rings (SSSR count). The lowest BCUT2D eigenvalue weighted by Gasteiger charge is -2.08. The maximum Gasteiger partial charge on any atom is 0.181 e. The SMILES string of the molecule is C[n+]1c(CCCOc2cccc(Cl)c2)cccc1CCCOc1cccc(Cl)c1. The van der Waals surface area contributed by atoms with Crippen molar-refractivity contribution in [1.29, 1.82) is 0 Å². The van der Waals surface area contributed by atoms with Crippen molar-refractivity contribution in [2.75, 3.05) is 13.2 Å². The van der Waals surface area contributed by atoms with Gasteiger partial charge in [0.25, 0.3) is 0 Å². The van der Waals surface area contributed by atoms with E-state index in [0.717, 1.165) is 37.2 Å². The smallest absolute Gasteiger partial charge is 0.181 e. The molecule has 3 aromatic rings. The molecule has 0 saturated heterocycles. The van der Waals surface area contributed by atoms with Crippen molar-refractivity contribution in [3.63, 3.8) is 0 Å². The predicted octanol–water partition coefficient (Wildman–Crippen LogP) is 5.84. The first-order valence-electron chi connectivity index (χ1n) is 9.85. The van der Waals surface area contributed by atoms with Crippen molar-refractivity contribution < 1.29 is 14.0 Å². The summed E-state index contributed by atoms with van der Waals surface area (Å²) in [5, 5.41) is 1.39. The summed E-state index contributed by atoms with van der Waals surface area (Å²) in [5.74, 6) is 1.63. The van der Waals surface area contributed by atoms with Gasteiger partial charge >= 0.3 is 0 Å². The molecule has 0 aliphatic carbocycles. The van der Waals surface area contributed by atoms with E-state index < -0.39 is 0 Å². The molecule has 0 aliphatic heterocycles. The van der Waals surface area contributed by atoms with E-state index in [2.05, 4.69) is 29.8 Å². The molecule has 0 bridgehead atoms. The zero-order valence-corrected chi connectivity index (χ0v) is 18.1. The van der Waals surface area contributed by atoms with Gasteiger partial charge in [-0.05, 0) is 55.3 Å². The number of ether oxygens (including phenoxy) is 2. The Morgan fingerprint density at radius 2 is 1.14 bits per heavy atom. The van der Waals surface area contributed by atoms with E-state index in [1.165, 1.54) is 11.4 Å². The van der Waals surface area contributed by atoms with E-state index in [-0.39, 0.29) is 0 Å². The van der Waals surface area contributed by atoms with Crippen LogP contribution in [0.5, 0.6) is 11.5 Å². The van der Waals surface area contributed by atoms with Gasteiger partial charge in [-0.15, -0.1) is 0 Å². The van der Waals surface area contributed by atoms with Gasteiger partial charge in [0.05, 0.1) is 13.2 Å². The zero-order valence-electron chi connectivity index (χ0n) is 16.6. The molecule has 0 unspecified atom stereocenters. The lowest BCUT2D eigenvalue weighted by atomic mass is 10.1. The minimum absolute atomic E-state index is 0.665. The predicted molar refractivity (Wildman–Crippen MR) is 118 cm³/mol. The van der Waals surface area contributed by atoms with Crippen LogP contribution in [0.4, 0.5) is 0 Å². The summed E-state index contributed by atoms with van der Waals surface area (Å²) in [6.45, 7) is 1.33. The van der Waals surface area contributed by atoms with E-state index >= 15 is 0 Å². The van der Waals surface area contributed by atoms with Crippen LogP contribution in [0, 0.1) is 0 Å². The van der Waals surface area contributed by atoms with Gasteiger partial charge in [0.2, 0.25) is 0 Å². The third-order valence-electron chi connectivity index (χ3n) is 4.72. The molecule has 0 aliphatic rings. The number of halogens is 2. The highest BCUT2D eigenvalue weighted by atomic mass is 35.5. The second-order valence-electron chi connectivity index (χ2n) is 6.89. The number of benzene rings is 2. The summed E-state index contributed by atoms with van der Waals surface area (Å²) < 4.78 is 13.9. The van der Waals surface area contributed by atoms with Crippen molar-refractivity contribution in [2.45, 2.75) is 25.7 Å². The molecule has 0 saturated carbocycles. The average Bonchev–Trinajstić information content (AvgIpc) is 2.71. The molecule has 152 valence electrons. The Morgan fingerprint density at radius 1 is 0.690 bits per heavy atom. The molecule has 0 N–H and O–H groups in total. The lowest BCUT2D eigenvalue weighted by Crippen LogP contribution is -2.38. The van der Waals surface area contributed by atoms with Crippen LogP contribution in [0.25, 0.3) is 0 Å². The second kappa shape index (κ2) is 11.1. The fourth-order valence-corrected chi connectivity index (χ4v) is 3.54. The van der Waals surface area contributed by atoms with Crippen LogP contribution in [0.3, 0.4) is 0 Å². The standard InChI is InChI=1S/C24H26Cl2NO2/c1-27-21(11-5-15-28-23-13-2-7-19(25)17-23)9-4-10-22(27)12-6-16-29-24-14-3-8-20(26)18-24/h2-4,7-10,13-14,17-18H,5-6,11-12,15-16H2,1H3/q+1. The van der Waals surface area contributed by atoms with Crippen molar-refractivity contribution in [3.8, 4) is 11.5 Å². The minimum Gasteiger partial charge on any atom is -0.494 e. The number of pyridine rings is 1.